The molecule has 27 heavy (non-hydrogen) atoms. The van der Waals surface area contributed by atoms with Crippen LogP contribution in [0.3, 0.4) is 0 Å². The molecule has 0 spiro atoms. The van der Waals surface area contributed by atoms with Crippen LogP contribution in [0.2, 0.25) is 0 Å². The molecule has 0 saturated carbocycles. The third-order valence-electron chi connectivity index (χ3n) is 4.27. The maximum absolute atomic E-state index is 9.68. The minimum atomic E-state index is 0. The molecule has 0 aromatic heterocycles. The van der Waals surface area contributed by atoms with Crippen molar-refractivity contribution in [1.82, 2.24) is 10.6 Å². The number of hydrogen-bond donors (Lipinski definition) is 3. The lowest BCUT2D eigenvalue weighted by Gasteiger charge is -2.19. The number of nitrogens with one attached hydrogen (secondary N) is 2. The Kier molecular flexibility index (Phi) is 9.99. The largest absolute Gasteiger partial charge is 0.504 e. The standard InChI is InChI=1S/C21H29N3O2.HI/c1-5-22-21(24-16(3)18-9-7-6-8-15(18)2)23-13-12-17-10-11-19(25)20(14-17)26-4;/h6-11,14,16,25H,5,12-13H2,1-4H3,(H2,22,23,24);1H. The minimum absolute atomic E-state index is 0. The number of hydrogen-bond acceptors (Lipinski definition) is 3. The van der Waals surface area contributed by atoms with Gasteiger partial charge in [0.1, 0.15) is 0 Å². The zero-order valence-corrected chi connectivity index (χ0v) is 18.8. The van der Waals surface area contributed by atoms with Crippen LogP contribution in [0.15, 0.2) is 47.5 Å². The molecule has 0 heterocycles. The van der Waals surface area contributed by atoms with Gasteiger partial charge in [0.2, 0.25) is 0 Å². The topological polar surface area (TPSA) is 65.9 Å². The number of benzene rings is 2. The molecule has 0 amide bonds. The Morgan fingerprint density at radius 3 is 2.63 bits per heavy atom. The highest BCUT2D eigenvalue weighted by molar-refractivity contribution is 14.0. The quantitative estimate of drug-likeness (QED) is 0.314. The normalized spacial score (nSPS) is 12.1. The van der Waals surface area contributed by atoms with Crippen molar-refractivity contribution < 1.29 is 9.84 Å². The van der Waals surface area contributed by atoms with Crippen molar-refractivity contribution in [2.24, 2.45) is 4.99 Å². The Hall–Kier alpha value is -1.96. The second kappa shape index (κ2) is 11.7. The van der Waals surface area contributed by atoms with Crippen molar-refractivity contribution in [3.05, 3.63) is 59.2 Å². The number of phenols is 1. The fourth-order valence-corrected chi connectivity index (χ4v) is 2.85. The highest BCUT2D eigenvalue weighted by Gasteiger charge is 2.09. The SMILES string of the molecule is CCNC(=NCCc1ccc(O)c(OC)c1)NC(C)c1ccccc1C.I. The van der Waals surface area contributed by atoms with Crippen molar-refractivity contribution in [1.29, 1.82) is 0 Å². The molecule has 5 nitrogen and oxygen atoms in total. The first kappa shape index (κ1) is 23.1. The van der Waals surface area contributed by atoms with E-state index in [1.807, 2.05) is 12.1 Å². The lowest BCUT2D eigenvalue weighted by atomic mass is 10.0. The lowest BCUT2D eigenvalue weighted by Crippen LogP contribution is -2.39. The molecule has 3 N–H and O–H groups in total. The van der Waals surface area contributed by atoms with Gasteiger partial charge in [0.05, 0.1) is 13.2 Å². The highest BCUT2D eigenvalue weighted by Crippen LogP contribution is 2.26. The number of ether oxygens (including phenoxy) is 1. The Labute approximate surface area is 179 Å². The van der Waals surface area contributed by atoms with Crippen LogP contribution in [-0.2, 0) is 6.42 Å². The zero-order chi connectivity index (χ0) is 18.9. The van der Waals surface area contributed by atoms with Crippen molar-refractivity contribution >= 4 is 29.9 Å². The summed E-state index contributed by atoms with van der Waals surface area (Å²) < 4.78 is 5.15. The van der Waals surface area contributed by atoms with E-state index in [-0.39, 0.29) is 35.8 Å². The van der Waals surface area contributed by atoms with Gasteiger partial charge in [-0.3, -0.25) is 4.99 Å². The van der Waals surface area contributed by atoms with E-state index < -0.39 is 0 Å². The van der Waals surface area contributed by atoms with E-state index in [1.54, 1.807) is 13.2 Å². The van der Waals surface area contributed by atoms with Crippen LogP contribution in [0.4, 0.5) is 0 Å². The fraction of sp³-hybridized carbons (Fsp3) is 0.381. The number of phenolic OH excluding ortho intramolecular Hbond substituents is 1. The number of rotatable bonds is 7. The summed E-state index contributed by atoms with van der Waals surface area (Å²) in [6.07, 6.45) is 0.770. The third kappa shape index (κ3) is 6.93. The smallest absolute Gasteiger partial charge is 0.191 e. The molecule has 1 atom stereocenters. The first-order valence-corrected chi connectivity index (χ1v) is 9.01. The molecule has 0 fully saturated rings. The highest BCUT2D eigenvalue weighted by atomic mass is 127. The molecule has 2 aromatic carbocycles. The summed E-state index contributed by atoms with van der Waals surface area (Å²) in [5, 5.41) is 16.4. The summed E-state index contributed by atoms with van der Waals surface area (Å²) in [4.78, 5) is 4.67. The van der Waals surface area contributed by atoms with E-state index >= 15 is 0 Å². The average Bonchev–Trinajstić information content (AvgIpc) is 2.63. The van der Waals surface area contributed by atoms with Crippen LogP contribution in [0.25, 0.3) is 0 Å². The number of aromatic hydroxyl groups is 1. The molecular formula is C21H30IN3O2. The third-order valence-corrected chi connectivity index (χ3v) is 4.27. The second-order valence-electron chi connectivity index (χ2n) is 6.24. The van der Waals surface area contributed by atoms with Gasteiger partial charge in [-0.15, -0.1) is 24.0 Å². The van der Waals surface area contributed by atoms with Gasteiger partial charge in [-0.25, -0.2) is 0 Å². The van der Waals surface area contributed by atoms with E-state index in [0.29, 0.717) is 12.3 Å². The number of aliphatic imine (C=N–C) groups is 1. The fourth-order valence-electron chi connectivity index (χ4n) is 2.85. The molecule has 6 heteroatoms. The van der Waals surface area contributed by atoms with Gasteiger partial charge in [-0.05, 0) is 56.0 Å². The van der Waals surface area contributed by atoms with Gasteiger partial charge in [-0.2, -0.15) is 0 Å². The number of methoxy groups -OCH3 is 1. The minimum Gasteiger partial charge on any atom is -0.504 e. The Morgan fingerprint density at radius 2 is 1.96 bits per heavy atom. The van der Waals surface area contributed by atoms with Gasteiger partial charge in [0.15, 0.2) is 17.5 Å². The molecule has 1 unspecified atom stereocenters. The van der Waals surface area contributed by atoms with Gasteiger partial charge in [0.25, 0.3) is 0 Å². The van der Waals surface area contributed by atoms with Gasteiger partial charge >= 0.3 is 0 Å². The summed E-state index contributed by atoms with van der Waals surface area (Å²) in [7, 11) is 1.55. The number of guanidine groups is 1. The zero-order valence-electron chi connectivity index (χ0n) is 16.5. The van der Waals surface area contributed by atoms with Crippen LogP contribution >= 0.6 is 24.0 Å². The predicted octanol–water partition coefficient (Wildman–Crippen LogP) is 4.19. The van der Waals surface area contributed by atoms with Gasteiger partial charge < -0.3 is 20.5 Å². The number of aryl methyl sites for hydroxylation is 1. The van der Waals surface area contributed by atoms with E-state index in [9.17, 15) is 5.11 Å². The average molecular weight is 483 g/mol. The maximum Gasteiger partial charge on any atom is 0.191 e. The van der Waals surface area contributed by atoms with Crippen molar-refractivity contribution in [3.8, 4) is 11.5 Å². The van der Waals surface area contributed by atoms with Gasteiger partial charge in [-0.1, -0.05) is 30.3 Å². The van der Waals surface area contributed by atoms with Crippen molar-refractivity contribution in [2.75, 3.05) is 20.2 Å². The number of halogens is 1. The van der Waals surface area contributed by atoms with Crippen molar-refractivity contribution in [3.63, 3.8) is 0 Å². The Balaban J connectivity index is 0.00000364. The van der Waals surface area contributed by atoms with Crippen LogP contribution in [0.1, 0.15) is 36.6 Å². The summed E-state index contributed by atoms with van der Waals surface area (Å²) in [5.41, 5.74) is 3.60. The van der Waals surface area contributed by atoms with Crippen LogP contribution in [-0.4, -0.2) is 31.3 Å². The van der Waals surface area contributed by atoms with E-state index in [2.05, 4.69) is 60.7 Å². The monoisotopic (exact) mass is 483 g/mol. The molecule has 0 aliphatic carbocycles. The van der Waals surface area contributed by atoms with E-state index in [0.717, 1.165) is 24.5 Å². The molecule has 0 aliphatic heterocycles. The molecular weight excluding hydrogens is 453 g/mol. The van der Waals surface area contributed by atoms with Gasteiger partial charge in [0, 0.05) is 13.1 Å². The second-order valence-corrected chi connectivity index (χ2v) is 6.24. The Bertz CT molecular complexity index is 750. The predicted molar refractivity (Wildman–Crippen MR) is 122 cm³/mol. The molecule has 148 valence electrons. The summed E-state index contributed by atoms with van der Waals surface area (Å²) in [5.74, 6) is 1.44. The summed E-state index contributed by atoms with van der Waals surface area (Å²) in [6, 6.07) is 13.9. The number of nitrogens with zero attached hydrogens (tertiary/aromatic N) is 1. The summed E-state index contributed by atoms with van der Waals surface area (Å²) >= 11 is 0. The lowest BCUT2D eigenvalue weighted by molar-refractivity contribution is 0.373. The maximum atomic E-state index is 9.68. The van der Waals surface area contributed by atoms with Crippen LogP contribution in [0.5, 0.6) is 11.5 Å². The molecule has 0 saturated heterocycles. The molecule has 0 bridgehead atoms. The van der Waals surface area contributed by atoms with Crippen molar-refractivity contribution in [2.45, 2.75) is 33.2 Å². The molecule has 2 aromatic rings. The Morgan fingerprint density at radius 1 is 1.22 bits per heavy atom. The van der Waals surface area contributed by atoms with Crippen LogP contribution in [0, 0.1) is 6.92 Å². The van der Waals surface area contributed by atoms with Crippen LogP contribution < -0.4 is 15.4 Å². The molecule has 0 aliphatic rings. The van der Waals surface area contributed by atoms with E-state index in [1.165, 1.54) is 11.1 Å². The molecule has 2 rings (SSSR count). The summed E-state index contributed by atoms with van der Waals surface area (Å²) in [6.45, 7) is 7.76. The van der Waals surface area contributed by atoms with E-state index in [4.69, 9.17) is 4.74 Å². The first-order valence-electron chi connectivity index (χ1n) is 9.01. The molecule has 0 radical (unpaired) electrons. The first-order chi connectivity index (χ1) is 12.5.